The van der Waals surface area contributed by atoms with Crippen molar-refractivity contribution in [3.05, 3.63) is 64.7 Å². The highest BCUT2D eigenvalue weighted by Crippen LogP contribution is 2.32. The van der Waals surface area contributed by atoms with Crippen molar-refractivity contribution in [3.8, 4) is 27.8 Å². The summed E-state index contributed by atoms with van der Waals surface area (Å²) in [5.41, 5.74) is 3.42. The van der Waals surface area contributed by atoms with Crippen LogP contribution in [-0.2, 0) is 18.4 Å². The standard InChI is InChI=1S/C26H24F2N4O4S/c1-4-34-14-22-29-19-11-6-15(12-20(19)31(22)3)18-13-21-23(30-26(37-21)35-5-2)32(24(18)33)16-7-9-17(10-8-16)36-25(27)28/h6-13,25H,4-5,14H2,1-3H3. The Balaban J connectivity index is 1.68. The number of nitrogens with zero attached hydrogens (tertiary/aromatic N) is 4. The summed E-state index contributed by atoms with van der Waals surface area (Å²) < 4.78 is 45.0. The van der Waals surface area contributed by atoms with Crippen molar-refractivity contribution in [2.45, 2.75) is 27.1 Å². The summed E-state index contributed by atoms with van der Waals surface area (Å²) in [5.74, 6) is 0.786. The Kier molecular flexibility index (Phi) is 6.90. The zero-order valence-corrected chi connectivity index (χ0v) is 21.2. The first kappa shape index (κ1) is 24.8. The smallest absolute Gasteiger partial charge is 0.387 e. The molecule has 0 aliphatic carbocycles. The molecule has 8 nitrogen and oxygen atoms in total. The molecule has 0 atom stereocenters. The summed E-state index contributed by atoms with van der Waals surface area (Å²) in [5, 5.41) is 0.433. The van der Waals surface area contributed by atoms with Gasteiger partial charge in [-0.15, -0.1) is 0 Å². The average molecular weight is 527 g/mol. The van der Waals surface area contributed by atoms with Crippen LogP contribution in [0.3, 0.4) is 0 Å². The third-order valence-electron chi connectivity index (χ3n) is 5.84. The van der Waals surface area contributed by atoms with Gasteiger partial charge in [0.05, 0.1) is 28.0 Å². The van der Waals surface area contributed by atoms with Gasteiger partial charge in [-0.1, -0.05) is 17.4 Å². The molecular formula is C26H24F2N4O4S. The average Bonchev–Trinajstić information content (AvgIpc) is 3.42. The van der Waals surface area contributed by atoms with Crippen LogP contribution in [0.15, 0.2) is 53.3 Å². The SMILES string of the molecule is CCOCc1nc2ccc(-c3cc4sc(OCC)nc4n(-c4ccc(OC(F)F)cc4)c3=O)cc2n1C. The number of aryl methyl sites for hydroxylation is 1. The zero-order chi connectivity index (χ0) is 26.1. The second-order valence-electron chi connectivity index (χ2n) is 8.10. The molecule has 0 amide bonds. The van der Waals surface area contributed by atoms with Crippen molar-refractivity contribution < 1.29 is 23.0 Å². The van der Waals surface area contributed by atoms with Gasteiger partial charge in [-0.05, 0) is 61.9 Å². The molecule has 192 valence electrons. The highest BCUT2D eigenvalue weighted by molar-refractivity contribution is 7.20. The Morgan fingerprint density at radius 1 is 1.03 bits per heavy atom. The molecule has 0 saturated heterocycles. The minimum Gasteiger partial charge on any atom is -0.470 e. The molecule has 37 heavy (non-hydrogen) atoms. The number of imidazole rings is 1. The van der Waals surface area contributed by atoms with E-state index in [1.54, 1.807) is 18.2 Å². The first-order valence-electron chi connectivity index (χ1n) is 11.7. The number of hydrogen-bond acceptors (Lipinski definition) is 7. The summed E-state index contributed by atoms with van der Waals surface area (Å²) in [4.78, 5) is 23.0. The van der Waals surface area contributed by atoms with E-state index < -0.39 is 6.61 Å². The van der Waals surface area contributed by atoms with Gasteiger partial charge in [-0.25, -0.2) is 4.98 Å². The number of fused-ring (bicyclic) bond motifs is 2. The summed E-state index contributed by atoms with van der Waals surface area (Å²) in [6.07, 6.45) is 0. The van der Waals surface area contributed by atoms with E-state index in [1.807, 2.05) is 43.7 Å². The van der Waals surface area contributed by atoms with Crippen LogP contribution in [0.25, 0.3) is 38.2 Å². The van der Waals surface area contributed by atoms with Crippen molar-refractivity contribution in [2.24, 2.45) is 7.05 Å². The molecule has 0 aliphatic rings. The fourth-order valence-corrected chi connectivity index (χ4v) is 5.01. The normalized spacial score (nSPS) is 11.6. The van der Waals surface area contributed by atoms with Crippen LogP contribution in [0.4, 0.5) is 8.78 Å². The van der Waals surface area contributed by atoms with E-state index in [2.05, 4.69) is 14.7 Å². The summed E-state index contributed by atoms with van der Waals surface area (Å²) in [7, 11) is 1.91. The van der Waals surface area contributed by atoms with Crippen molar-refractivity contribution in [2.75, 3.05) is 13.2 Å². The van der Waals surface area contributed by atoms with Crippen LogP contribution >= 0.6 is 11.3 Å². The van der Waals surface area contributed by atoms with Crippen LogP contribution in [0.5, 0.6) is 10.9 Å². The van der Waals surface area contributed by atoms with E-state index in [9.17, 15) is 13.6 Å². The summed E-state index contributed by atoms with van der Waals surface area (Å²) in [6, 6.07) is 13.3. The molecule has 0 fully saturated rings. The van der Waals surface area contributed by atoms with Crippen molar-refractivity contribution in [1.82, 2.24) is 19.1 Å². The van der Waals surface area contributed by atoms with Crippen molar-refractivity contribution >= 4 is 32.7 Å². The number of rotatable bonds is 9. The number of thiazole rings is 1. The fourth-order valence-electron chi connectivity index (χ4n) is 4.11. The van der Waals surface area contributed by atoms with Crippen LogP contribution in [0, 0.1) is 0 Å². The largest absolute Gasteiger partial charge is 0.470 e. The lowest BCUT2D eigenvalue weighted by Gasteiger charge is -2.11. The van der Waals surface area contributed by atoms with E-state index in [4.69, 9.17) is 9.47 Å². The molecule has 0 N–H and O–H groups in total. The van der Waals surface area contributed by atoms with E-state index in [0.717, 1.165) is 21.6 Å². The van der Waals surface area contributed by atoms with E-state index in [1.165, 1.54) is 28.0 Å². The Morgan fingerprint density at radius 3 is 2.51 bits per heavy atom. The van der Waals surface area contributed by atoms with Gasteiger partial charge in [0, 0.05) is 19.2 Å². The lowest BCUT2D eigenvalue weighted by atomic mass is 10.1. The Bertz CT molecular complexity index is 1630. The maximum Gasteiger partial charge on any atom is 0.387 e. The molecule has 0 radical (unpaired) electrons. The van der Waals surface area contributed by atoms with Crippen molar-refractivity contribution in [1.29, 1.82) is 0 Å². The number of aromatic nitrogens is 4. The Morgan fingerprint density at radius 2 is 1.81 bits per heavy atom. The molecule has 0 unspecified atom stereocenters. The van der Waals surface area contributed by atoms with Crippen LogP contribution in [0.1, 0.15) is 19.7 Å². The van der Waals surface area contributed by atoms with E-state index >= 15 is 0 Å². The topological polar surface area (TPSA) is 80.4 Å². The van der Waals surface area contributed by atoms with Crippen LogP contribution in [0.2, 0.25) is 0 Å². The van der Waals surface area contributed by atoms with Gasteiger partial charge < -0.3 is 18.8 Å². The summed E-state index contributed by atoms with van der Waals surface area (Å²) in [6.45, 7) is 2.25. The predicted octanol–water partition coefficient (Wildman–Crippen LogP) is 5.54. The lowest BCUT2D eigenvalue weighted by Crippen LogP contribution is -2.20. The van der Waals surface area contributed by atoms with Gasteiger partial charge in [-0.3, -0.25) is 9.36 Å². The monoisotopic (exact) mass is 526 g/mol. The molecule has 0 spiro atoms. The molecule has 3 aromatic heterocycles. The number of hydrogen-bond donors (Lipinski definition) is 0. The van der Waals surface area contributed by atoms with Gasteiger partial charge in [0.15, 0.2) is 5.65 Å². The van der Waals surface area contributed by atoms with Crippen LogP contribution in [-0.4, -0.2) is 38.9 Å². The van der Waals surface area contributed by atoms with Gasteiger partial charge in [0.1, 0.15) is 18.2 Å². The number of benzene rings is 2. The molecule has 3 heterocycles. The van der Waals surface area contributed by atoms with Gasteiger partial charge in [0.2, 0.25) is 0 Å². The zero-order valence-electron chi connectivity index (χ0n) is 20.4. The highest BCUT2D eigenvalue weighted by Gasteiger charge is 2.19. The third kappa shape index (κ3) is 4.79. The quantitative estimate of drug-likeness (QED) is 0.251. The molecule has 11 heteroatoms. The number of pyridine rings is 1. The minimum atomic E-state index is -2.94. The molecule has 0 saturated carbocycles. The number of alkyl halides is 2. The van der Waals surface area contributed by atoms with Gasteiger partial charge in [0.25, 0.3) is 10.8 Å². The molecule has 5 rings (SSSR count). The maximum atomic E-state index is 13.9. The number of halogens is 2. The molecule has 5 aromatic rings. The molecule has 0 bridgehead atoms. The molecule has 0 aliphatic heterocycles. The van der Waals surface area contributed by atoms with Gasteiger partial charge in [-0.2, -0.15) is 13.8 Å². The number of ether oxygens (including phenoxy) is 3. The fraction of sp³-hybridized carbons (Fsp3) is 0.269. The second-order valence-corrected chi connectivity index (χ2v) is 9.09. The Labute approximate surface area is 214 Å². The van der Waals surface area contributed by atoms with Gasteiger partial charge >= 0.3 is 6.61 Å². The third-order valence-corrected chi connectivity index (χ3v) is 6.75. The highest BCUT2D eigenvalue weighted by atomic mass is 32.1. The van der Waals surface area contributed by atoms with Crippen molar-refractivity contribution in [3.63, 3.8) is 0 Å². The van der Waals surface area contributed by atoms with Crippen LogP contribution < -0.4 is 15.0 Å². The predicted molar refractivity (Wildman–Crippen MR) is 138 cm³/mol. The van der Waals surface area contributed by atoms with E-state index in [0.29, 0.717) is 47.5 Å². The summed E-state index contributed by atoms with van der Waals surface area (Å²) >= 11 is 1.33. The molecular weight excluding hydrogens is 502 g/mol. The first-order chi connectivity index (χ1) is 17.9. The Hall–Kier alpha value is -3.83. The first-order valence-corrected chi connectivity index (χ1v) is 12.5. The second kappa shape index (κ2) is 10.3. The minimum absolute atomic E-state index is 0.00278. The lowest BCUT2D eigenvalue weighted by molar-refractivity contribution is -0.0498. The maximum absolute atomic E-state index is 13.9. The van der Waals surface area contributed by atoms with E-state index in [-0.39, 0.29) is 11.3 Å². The molecule has 2 aromatic carbocycles.